The van der Waals surface area contributed by atoms with E-state index in [1.807, 2.05) is 32.2 Å². The van der Waals surface area contributed by atoms with Crippen LogP contribution < -0.4 is 5.32 Å². The van der Waals surface area contributed by atoms with Gasteiger partial charge in [-0.05, 0) is 38.3 Å². The Hall–Kier alpha value is -2.14. The Morgan fingerprint density at radius 3 is 2.91 bits per heavy atom. The molecular formula is C17H19N3OS. The third kappa shape index (κ3) is 3.20. The number of benzene rings is 1. The van der Waals surface area contributed by atoms with Gasteiger partial charge in [-0.25, -0.2) is 4.98 Å². The highest BCUT2D eigenvalue weighted by Gasteiger charge is 2.09. The van der Waals surface area contributed by atoms with Crippen LogP contribution in [0, 0.1) is 13.8 Å². The molecule has 0 aliphatic heterocycles. The number of H-pyrrole nitrogens is 1. The van der Waals surface area contributed by atoms with E-state index in [1.165, 1.54) is 22.3 Å². The monoisotopic (exact) mass is 313 g/mol. The first kappa shape index (κ1) is 14.8. The van der Waals surface area contributed by atoms with Gasteiger partial charge in [0.2, 0.25) is 5.91 Å². The number of hydrogen-bond donors (Lipinski definition) is 2. The second kappa shape index (κ2) is 6.32. The van der Waals surface area contributed by atoms with E-state index >= 15 is 0 Å². The lowest BCUT2D eigenvalue weighted by Gasteiger charge is -2.02. The summed E-state index contributed by atoms with van der Waals surface area (Å²) < 4.78 is 0. The number of carbonyl (C=O) groups excluding carboxylic acids is 1. The summed E-state index contributed by atoms with van der Waals surface area (Å²) in [6.07, 6.45) is 4.28. The Kier molecular flexibility index (Phi) is 4.24. The van der Waals surface area contributed by atoms with Crippen LogP contribution in [0.15, 0.2) is 30.5 Å². The van der Waals surface area contributed by atoms with E-state index in [0.717, 1.165) is 28.9 Å². The second-order valence-electron chi connectivity index (χ2n) is 5.42. The van der Waals surface area contributed by atoms with Gasteiger partial charge in [0, 0.05) is 28.4 Å². The molecule has 3 aromatic rings. The molecule has 1 amide bonds. The number of thiazole rings is 1. The molecule has 114 valence electrons. The van der Waals surface area contributed by atoms with Gasteiger partial charge in [-0.3, -0.25) is 4.79 Å². The topological polar surface area (TPSA) is 57.8 Å². The molecule has 0 atom stereocenters. The minimum atomic E-state index is 0.0357. The number of aryl methyl sites for hydroxylation is 3. The third-order valence-electron chi connectivity index (χ3n) is 3.80. The highest BCUT2D eigenvalue weighted by atomic mass is 32.1. The quantitative estimate of drug-likeness (QED) is 0.741. The van der Waals surface area contributed by atoms with Crippen LogP contribution in [0.2, 0.25) is 0 Å². The van der Waals surface area contributed by atoms with Crippen LogP contribution in [-0.2, 0) is 11.2 Å². The maximum Gasteiger partial charge on any atom is 0.226 e. The fraction of sp³-hybridized carbons (Fsp3) is 0.294. The lowest BCUT2D eigenvalue weighted by molar-refractivity contribution is -0.116. The molecule has 0 saturated carbocycles. The van der Waals surface area contributed by atoms with E-state index in [4.69, 9.17) is 0 Å². The molecule has 5 heteroatoms. The van der Waals surface area contributed by atoms with Gasteiger partial charge >= 0.3 is 0 Å². The van der Waals surface area contributed by atoms with Gasteiger partial charge in [-0.2, -0.15) is 0 Å². The molecule has 0 unspecified atom stereocenters. The molecule has 0 radical (unpaired) electrons. The molecule has 3 rings (SSSR count). The van der Waals surface area contributed by atoms with E-state index in [1.54, 1.807) is 0 Å². The van der Waals surface area contributed by atoms with Gasteiger partial charge in [-0.1, -0.05) is 18.2 Å². The van der Waals surface area contributed by atoms with Gasteiger partial charge in [0.05, 0.1) is 5.69 Å². The highest BCUT2D eigenvalue weighted by Crippen LogP contribution is 2.22. The molecule has 0 aliphatic carbocycles. The number of fused-ring (bicyclic) bond motifs is 1. The number of amides is 1. The molecule has 0 fully saturated rings. The minimum Gasteiger partial charge on any atom is -0.361 e. The molecule has 2 N–H and O–H groups in total. The van der Waals surface area contributed by atoms with Crippen LogP contribution in [0.25, 0.3) is 10.9 Å². The number of para-hydroxylation sites is 1. The molecule has 4 nitrogen and oxygen atoms in total. The molecule has 0 bridgehead atoms. The van der Waals surface area contributed by atoms with Gasteiger partial charge in [0.1, 0.15) is 0 Å². The fourth-order valence-electron chi connectivity index (χ4n) is 2.49. The number of aromatic nitrogens is 2. The van der Waals surface area contributed by atoms with Crippen molar-refractivity contribution in [3.05, 3.63) is 46.6 Å². The minimum absolute atomic E-state index is 0.0357. The van der Waals surface area contributed by atoms with Crippen LogP contribution in [0.5, 0.6) is 0 Å². The van der Waals surface area contributed by atoms with Crippen LogP contribution in [0.3, 0.4) is 0 Å². The summed E-state index contributed by atoms with van der Waals surface area (Å²) in [6, 6.07) is 8.24. The Labute approximate surface area is 133 Å². The Balaban J connectivity index is 1.53. The van der Waals surface area contributed by atoms with Crippen molar-refractivity contribution in [2.75, 3.05) is 5.32 Å². The zero-order valence-electron chi connectivity index (χ0n) is 12.8. The molecule has 0 spiro atoms. The number of nitrogens with one attached hydrogen (secondary N) is 2. The number of aromatic amines is 1. The van der Waals surface area contributed by atoms with Gasteiger partial charge in [0.15, 0.2) is 5.13 Å². The molecule has 2 heterocycles. The summed E-state index contributed by atoms with van der Waals surface area (Å²) in [6.45, 7) is 3.97. The van der Waals surface area contributed by atoms with Crippen molar-refractivity contribution in [2.45, 2.75) is 33.1 Å². The average molecular weight is 313 g/mol. The summed E-state index contributed by atoms with van der Waals surface area (Å²) in [4.78, 5) is 20.7. The molecule has 2 aromatic heterocycles. The van der Waals surface area contributed by atoms with Gasteiger partial charge in [0.25, 0.3) is 0 Å². The van der Waals surface area contributed by atoms with Crippen molar-refractivity contribution >= 4 is 33.3 Å². The third-order valence-corrected chi connectivity index (χ3v) is 4.79. The zero-order chi connectivity index (χ0) is 15.5. The van der Waals surface area contributed by atoms with E-state index in [-0.39, 0.29) is 5.91 Å². The summed E-state index contributed by atoms with van der Waals surface area (Å²) in [5, 5.41) is 4.83. The van der Waals surface area contributed by atoms with E-state index in [9.17, 15) is 4.79 Å². The van der Waals surface area contributed by atoms with Gasteiger partial charge in [-0.15, -0.1) is 11.3 Å². The SMILES string of the molecule is Cc1nc(NC(=O)CCCc2c[nH]c3ccccc23)sc1C. The Morgan fingerprint density at radius 1 is 1.32 bits per heavy atom. The summed E-state index contributed by atoms with van der Waals surface area (Å²) in [5.41, 5.74) is 3.40. The normalized spacial score (nSPS) is 11.0. The zero-order valence-corrected chi connectivity index (χ0v) is 13.6. The lowest BCUT2D eigenvalue weighted by Crippen LogP contribution is -2.11. The lowest BCUT2D eigenvalue weighted by atomic mass is 10.1. The molecule has 0 aliphatic rings. The average Bonchev–Trinajstić information content (AvgIpc) is 3.03. The van der Waals surface area contributed by atoms with Crippen molar-refractivity contribution in [3.8, 4) is 0 Å². The highest BCUT2D eigenvalue weighted by molar-refractivity contribution is 7.15. The number of anilines is 1. The van der Waals surface area contributed by atoms with E-state index in [0.29, 0.717) is 11.6 Å². The van der Waals surface area contributed by atoms with Crippen LogP contribution in [0.1, 0.15) is 29.0 Å². The standard InChI is InChI=1S/C17H19N3OS/c1-11-12(2)22-17(19-11)20-16(21)9-5-6-13-10-18-15-8-4-3-7-14(13)15/h3-4,7-8,10,18H,5-6,9H2,1-2H3,(H,19,20,21). The largest absolute Gasteiger partial charge is 0.361 e. The van der Waals surface area contributed by atoms with Crippen molar-refractivity contribution in [1.82, 2.24) is 9.97 Å². The smallest absolute Gasteiger partial charge is 0.226 e. The maximum absolute atomic E-state index is 12.0. The first-order valence-electron chi connectivity index (χ1n) is 7.42. The van der Waals surface area contributed by atoms with Crippen LogP contribution in [-0.4, -0.2) is 15.9 Å². The Morgan fingerprint density at radius 2 is 2.14 bits per heavy atom. The predicted molar refractivity (Wildman–Crippen MR) is 91.5 cm³/mol. The van der Waals surface area contributed by atoms with Crippen LogP contribution >= 0.6 is 11.3 Å². The second-order valence-corrected chi connectivity index (χ2v) is 6.63. The number of nitrogens with zero attached hydrogens (tertiary/aromatic N) is 1. The summed E-state index contributed by atoms with van der Waals surface area (Å²) in [5.74, 6) is 0.0357. The fourth-order valence-corrected chi connectivity index (χ4v) is 3.32. The first-order valence-corrected chi connectivity index (χ1v) is 8.24. The van der Waals surface area contributed by atoms with Crippen molar-refractivity contribution in [3.63, 3.8) is 0 Å². The van der Waals surface area contributed by atoms with E-state index < -0.39 is 0 Å². The molecule has 1 aromatic carbocycles. The Bertz CT molecular complexity index is 784. The van der Waals surface area contributed by atoms with Crippen molar-refractivity contribution in [1.29, 1.82) is 0 Å². The molecule has 0 saturated heterocycles. The predicted octanol–water partition coefficient (Wildman–Crippen LogP) is 4.20. The summed E-state index contributed by atoms with van der Waals surface area (Å²) in [7, 11) is 0. The number of carbonyl (C=O) groups is 1. The van der Waals surface area contributed by atoms with E-state index in [2.05, 4.69) is 27.4 Å². The van der Waals surface area contributed by atoms with Crippen LogP contribution in [0.4, 0.5) is 5.13 Å². The molecular weight excluding hydrogens is 294 g/mol. The van der Waals surface area contributed by atoms with Gasteiger partial charge < -0.3 is 10.3 Å². The number of rotatable bonds is 5. The maximum atomic E-state index is 12.0. The first-order chi connectivity index (χ1) is 10.6. The molecule has 22 heavy (non-hydrogen) atoms. The van der Waals surface area contributed by atoms with Crippen molar-refractivity contribution < 1.29 is 4.79 Å². The number of hydrogen-bond acceptors (Lipinski definition) is 3. The summed E-state index contributed by atoms with van der Waals surface area (Å²) >= 11 is 1.53. The van der Waals surface area contributed by atoms with Crippen molar-refractivity contribution in [2.24, 2.45) is 0 Å².